The summed E-state index contributed by atoms with van der Waals surface area (Å²) in [5.41, 5.74) is -2.44. The third-order valence-corrected chi connectivity index (χ3v) is 5.39. The first-order valence-electron chi connectivity index (χ1n) is 9.94. The van der Waals surface area contributed by atoms with Crippen molar-refractivity contribution in [3.05, 3.63) is 57.7 Å². The van der Waals surface area contributed by atoms with Crippen LogP contribution < -0.4 is 0 Å². The van der Waals surface area contributed by atoms with Crippen LogP contribution in [0.15, 0.2) is 34.9 Å². The SMILES string of the molecule is CCCCC(=O)O/C(=C(/C#N)c1coc(-c2ccccc2Cl)n1)c1c(C(F)(F)F)nn(C)c1Cl. The van der Waals surface area contributed by atoms with Crippen molar-refractivity contribution in [3.63, 3.8) is 0 Å². The lowest BCUT2D eigenvalue weighted by Crippen LogP contribution is -2.12. The Morgan fingerprint density at radius 1 is 1.29 bits per heavy atom. The Balaban J connectivity index is 2.24. The van der Waals surface area contributed by atoms with Gasteiger partial charge in [0.25, 0.3) is 0 Å². The van der Waals surface area contributed by atoms with Crippen molar-refractivity contribution in [2.75, 3.05) is 0 Å². The number of benzene rings is 1. The van der Waals surface area contributed by atoms with E-state index in [2.05, 4.69) is 10.1 Å². The molecule has 0 bridgehead atoms. The van der Waals surface area contributed by atoms with E-state index in [1.165, 1.54) is 7.05 Å². The smallest absolute Gasteiger partial charge is 0.435 e. The Bertz CT molecular complexity index is 1290. The van der Waals surface area contributed by atoms with Gasteiger partial charge >= 0.3 is 12.1 Å². The molecule has 0 unspecified atom stereocenters. The van der Waals surface area contributed by atoms with Crippen LogP contribution in [0.4, 0.5) is 13.2 Å². The molecule has 3 rings (SSSR count). The molecule has 12 heteroatoms. The van der Waals surface area contributed by atoms with Gasteiger partial charge in [-0.15, -0.1) is 0 Å². The van der Waals surface area contributed by atoms with Gasteiger partial charge < -0.3 is 9.15 Å². The van der Waals surface area contributed by atoms with Crippen LogP contribution >= 0.6 is 23.2 Å². The molecule has 0 atom stereocenters. The zero-order chi connectivity index (χ0) is 25.0. The molecule has 0 radical (unpaired) electrons. The number of aryl methyl sites for hydroxylation is 1. The Morgan fingerprint density at radius 2 is 2.00 bits per heavy atom. The normalized spacial score (nSPS) is 12.3. The van der Waals surface area contributed by atoms with Crippen LogP contribution in [0.1, 0.15) is 43.1 Å². The number of halogens is 5. The third kappa shape index (κ3) is 5.26. The molecule has 0 amide bonds. The van der Waals surface area contributed by atoms with E-state index in [4.69, 9.17) is 32.4 Å². The topological polar surface area (TPSA) is 93.9 Å². The van der Waals surface area contributed by atoms with Crippen molar-refractivity contribution in [2.45, 2.75) is 32.4 Å². The lowest BCUT2D eigenvalue weighted by Gasteiger charge is -2.12. The van der Waals surface area contributed by atoms with Crippen LogP contribution in [0.5, 0.6) is 0 Å². The second-order valence-corrected chi connectivity index (χ2v) is 7.81. The number of rotatable bonds is 7. The number of aromatic nitrogens is 3. The summed E-state index contributed by atoms with van der Waals surface area (Å²) >= 11 is 12.3. The second-order valence-electron chi connectivity index (χ2n) is 7.05. The molecule has 2 aromatic heterocycles. The first-order valence-corrected chi connectivity index (χ1v) is 10.7. The van der Waals surface area contributed by atoms with Crippen LogP contribution in [-0.2, 0) is 22.8 Å². The molecule has 34 heavy (non-hydrogen) atoms. The minimum Gasteiger partial charge on any atom is -0.444 e. The average molecular weight is 513 g/mol. The minimum absolute atomic E-state index is 0.0123. The monoisotopic (exact) mass is 512 g/mol. The maximum atomic E-state index is 13.8. The first-order chi connectivity index (χ1) is 16.1. The fourth-order valence-electron chi connectivity index (χ4n) is 2.99. The zero-order valence-electron chi connectivity index (χ0n) is 17.9. The number of oxazole rings is 1. The number of carbonyl (C=O) groups excluding carboxylic acids is 1. The average Bonchev–Trinajstić information content (AvgIpc) is 3.37. The number of allylic oxidation sites excluding steroid dienone is 1. The molecule has 0 aliphatic rings. The van der Waals surface area contributed by atoms with Crippen LogP contribution in [-0.4, -0.2) is 20.7 Å². The number of hydrogen-bond acceptors (Lipinski definition) is 6. The first kappa shape index (κ1) is 25.3. The molecular weight excluding hydrogens is 496 g/mol. The number of nitriles is 1. The lowest BCUT2D eigenvalue weighted by molar-refractivity contribution is -0.143. The molecule has 7 nitrogen and oxygen atoms in total. The van der Waals surface area contributed by atoms with Gasteiger partial charge in [-0.3, -0.25) is 9.48 Å². The van der Waals surface area contributed by atoms with E-state index in [-0.39, 0.29) is 18.0 Å². The van der Waals surface area contributed by atoms with Gasteiger partial charge in [0, 0.05) is 13.5 Å². The predicted octanol–water partition coefficient (Wildman–Crippen LogP) is 6.53. The molecule has 178 valence electrons. The van der Waals surface area contributed by atoms with E-state index in [1.807, 2.05) is 6.92 Å². The molecule has 2 heterocycles. The predicted molar refractivity (Wildman–Crippen MR) is 118 cm³/mol. The number of hydrogen-bond donors (Lipinski definition) is 0. The highest BCUT2D eigenvalue weighted by Gasteiger charge is 2.42. The van der Waals surface area contributed by atoms with Gasteiger partial charge in [0.05, 0.1) is 16.1 Å². The quantitative estimate of drug-likeness (QED) is 0.203. The number of carbonyl (C=O) groups is 1. The number of alkyl halides is 3. The van der Waals surface area contributed by atoms with Crippen LogP contribution in [0.3, 0.4) is 0 Å². The standard InChI is InChI=1S/C22H17Cl2F3N4O3/c1-3-4-9-16(32)34-18(17-19(22(25,26)27)30-31(2)20(17)24)13(10-28)15-11-33-21(29-15)12-7-5-6-8-14(12)23/h5-8,11H,3-4,9H2,1-2H3/b18-13-. The van der Waals surface area contributed by atoms with E-state index in [1.54, 1.807) is 30.3 Å². The summed E-state index contributed by atoms with van der Waals surface area (Å²) in [4.78, 5) is 16.6. The lowest BCUT2D eigenvalue weighted by atomic mass is 10.1. The molecular formula is C22H17Cl2F3N4O3. The van der Waals surface area contributed by atoms with Crippen LogP contribution in [0.2, 0.25) is 10.2 Å². The maximum absolute atomic E-state index is 13.8. The summed E-state index contributed by atoms with van der Waals surface area (Å²) < 4.78 is 52.7. The Kier molecular flexibility index (Phi) is 7.69. The highest BCUT2D eigenvalue weighted by atomic mass is 35.5. The van der Waals surface area contributed by atoms with Crippen molar-refractivity contribution in [2.24, 2.45) is 7.05 Å². The molecule has 0 spiro atoms. The molecule has 0 saturated heterocycles. The molecule has 1 aromatic carbocycles. The zero-order valence-corrected chi connectivity index (χ0v) is 19.4. The van der Waals surface area contributed by atoms with E-state index in [9.17, 15) is 23.2 Å². The van der Waals surface area contributed by atoms with Gasteiger partial charge in [0.15, 0.2) is 11.5 Å². The van der Waals surface area contributed by atoms with Gasteiger partial charge in [0.2, 0.25) is 5.89 Å². The van der Waals surface area contributed by atoms with Crippen molar-refractivity contribution in [3.8, 4) is 17.5 Å². The molecule has 0 N–H and O–H groups in total. The highest BCUT2D eigenvalue weighted by Crippen LogP contribution is 2.41. The van der Waals surface area contributed by atoms with Gasteiger partial charge in [-0.05, 0) is 18.6 Å². The molecule has 0 fully saturated rings. The molecule has 0 saturated carbocycles. The fraction of sp³-hybridized carbons (Fsp3) is 0.273. The summed E-state index contributed by atoms with van der Waals surface area (Å²) in [6.07, 6.45) is -2.91. The summed E-state index contributed by atoms with van der Waals surface area (Å²) in [5.74, 6) is -1.54. The molecule has 0 aliphatic heterocycles. The van der Waals surface area contributed by atoms with Crippen molar-refractivity contribution in [1.29, 1.82) is 5.26 Å². The van der Waals surface area contributed by atoms with Crippen molar-refractivity contribution < 1.29 is 27.1 Å². The minimum atomic E-state index is -4.95. The molecule has 3 aromatic rings. The molecule has 0 aliphatic carbocycles. The third-order valence-electron chi connectivity index (χ3n) is 4.63. The summed E-state index contributed by atoms with van der Waals surface area (Å²) in [6, 6.07) is 8.32. The van der Waals surface area contributed by atoms with Crippen molar-refractivity contribution in [1.82, 2.24) is 14.8 Å². The summed E-state index contributed by atoms with van der Waals surface area (Å²) in [7, 11) is 1.19. The van der Waals surface area contributed by atoms with E-state index in [0.29, 0.717) is 23.4 Å². The number of nitrogens with zero attached hydrogens (tertiary/aromatic N) is 4. The van der Waals surface area contributed by atoms with E-state index < -0.39 is 39.9 Å². The summed E-state index contributed by atoms with van der Waals surface area (Å²) in [5, 5.41) is 13.1. The van der Waals surface area contributed by atoms with Crippen LogP contribution in [0.25, 0.3) is 22.8 Å². The Labute approximate surface area is 202 Å². The Morgan fingerprint density at radius 3 is 2.62 bits per heavy atom. The highest BCUT2D eigenvalue weighted by molar-refractivity contribution is 6.33. The number of unbranched alkanes of at least 4 members (excludes halogenated alkanes) is 1. The van der Waals surface area contributed by atoms with Gasteiger partial charge in [-0.2, -0.15) is 23.5 Å². The largest absolute Gasteiger partial charge is 0.444 e. The second kappa shape index (κ2) is 10.3. The van der Waals surface area contributed by atoms with Crippen LogP contribution in [0, 0.1) is 11.3 Å². The van der Waals surface area contributed by atoms with Crippen molar-refractivity contribution >= 4 is 40.5 Å². The van der Waals surface area contributed by atoms with Gasteiger partial charge in [0.1, 0.15) is 28.8 Å². The van der Waals surface area contributed by atoms with Gasteiger partial charge in [-0.1, -0.05) is 48.7 Å². The number of esters is 1. The number of ether oxygens (including phenoxy) is 1. The fourth-order valence-corrected chi connectivity index (χ4v) is 3.42. The summed E-state index contributed by atoms with van der Waals surface area (Å²) in [6.45, 7) is 1.83. The van der Waals surface area contributed by atoms with Gasteiger partial charge in [-0.25, -0.2) is 4.98 Å². The Hall–Kier alpha value is -3.29. The van der Waals surface area contributed by atoms with E-state index in [0.717, 1.165) is 10.9 Å². The van der Waals surface area contributed by atoms with E-state index >= 15 is 0 Å². The maximum Gasteiger partial charge on any atom is 0.435 e.